The number of aromatic nitrogens is 2. The van der Waals surface area contributed by atoms with Gasteiger partial charge in [-0.2, -0.15) is 4.37 Å². The van der Waals surface area contributed by atoms with Crippen LogP contribution in [0.5, 0.6) is 11.5 Å². The number of hydrogen-bond acceptors (Lipinski definition) is 5. The van der Waals surface area contributed by atoms with E-state index in [4.69, 9.17) is 27.9 Å². The molecule has 116 valence electrons. The summed E-state index contributed by atoms with van der Waals surface area (Å²) in [5.74, 6) is 0.970. The minimum Gasteiger partial charge on any atom is -0.457 e. The number of anilines is 1. The maximum atomic E-state index is 12.1. The van der Waals surface area contributed by atoms with Crippen LogP contribution in [0.2, 0.25) is 10.2 Å². The van der Waals surface area contributed by atoms with Gasteiger partial charge in [-0.1, -0.05) is 23.2 Å². The Morgan fingerprint density at radius 2 is 1.70 bits per heavy atom. The number of nitrogens with zero attached hydrogens (tertiary/aromatic N) is 2. The van der Waals surface area contributed by atoms with Gasteiger partial charge in [0, 0.05) is 18.1 Å². The third kappa shape index (κ3) is 3.79. The maximum absolute atomic E-state index is 12.1. The van der Waals surface area contributed by atoms with Gasteiger partial charge in [0.1, 0.15) is 21.4 Å². The molecule has 0 bridgehead atoms. The molecule has 2 heterocycles. The molecule has 1 N–H and O–H groups in total. The number of pyridine rings is 1. The fourth-order valence-electron chi connectivity index (χ4n) is 1.74. The van der Waals surface area contributed by atoms with Gasteiger partial charge in [0.25, 0.3) is 5.91 Å². The highest BCUT2D eigenvalue weighted by molar-refractivity contribution is 7.09. The van der Waals surface area contributed by atoms with Gasteiger partial charge in [-0.05, 0) is 47.9 Å². The molecular weight excluding hydrogens is 357 g/mol. The predicted octanol–water partition coefficient (Wildman–Crippen LogP) is 4.89. The lowest BCUT2D eigenvalue weighted by Gasteiger charge is -2.07. The summed E-state index contributed by atoms with van der Waals surface area (Å²) in [4.78, 5) is 16.3. The van der Waals surface area contributed by atoms with E-state index in [1.807, 2.05) is 0 Å². The van der Waals surface area contributed by atoms with E-state index in [0.717, 1.165) is 11.5 Å². The first-order chi connectivity index (χ1) is 11.1. The van der Waals surface area contributed by atoms with Crippen LogP contribution in [0.15, 0.2) is 48.8 Å². The minimum atomic E-state index is -0.359. The third-order valence-electron chi connectivity index (χ3n) is 2.80. The molecule has 0 spiro atoms. The second-order valence-corrected chi connectivity index (χ2v) is 5.89. The summed E-state index contributed by atoms with van der Waals surface area (Å²) in [6, 6.07) is 10.5. The van der Waals surface area contributed by atoms with Crippen molar-refractivity contribution < 1.29 is 9.53 Å². The first-order valence-corrected chi connectivity index (χ1v) is 7.96. The van der Waals surface area contributed by atoms with Crippen molar-refractivity contribution in [3.63, 3.8) is 0 Å². The number of benzene rings is 1. The summed E-state index contributed by atoms with van der Waals surface area (Å²) >= 11 is 12.6. The Balaban J connectivity index is 1.68. The first-order valence-electron chi connectivity index (χ1n) is 6.43. The summed E-state index contributed by atoms with van der Waals surface area (Å²) in [6.45, 7) is 0. The zero-order valence-electron chi connectivity index (χ0n) is 11.5. The molecule has 0 saturated carbocycles. The molecule has 0 atom stereocenters. The topological polar surface area (TPSA) is 64.1 Å². The lowest BCUT2D eigenvalue weighted by molar-refractivity contribution is 0.103. The van der Waals surface area contributed by atoms with Crippen molar-refractivity contribution in [2.75, 3.05) is 5.32 Å². The molecular formula is C15H9Cl2N3O2S. The Morgan fingerprint density at radius 1 is 1.04 bits per heavy atom. The van der Waals surface area contributed by atoms with Gasteiger partial charge in [-0.3, -0.25) is 9.78 Å². The van der Waals surface area contributed by atoms with Crippen molar-refractivity contribution in [3.05, 3.63) is 63.8 Å². The monoisotopic (exact) mass is 365 g/mol. The number of rotatable bonds is 4. The normalized spacial score (nSPS) is 10.3. The number of halogens is 2. The molecule has 5 nitrogen and oxygen atoms in total. The zero-order chi connectivity index (χ0) is 16.2. The van der Waals surface area contributed by atoms with E-state index >= 15 is 0 Å². The zero-order valence-corrected chi connectivity index (χ0v) is 13.8. The van der Waals surface area contributed by atoms with E-state index < -0.39 is 0 Å². The van der Waals surface area contributed by atoms with Crippen molar-refractivity contribution in [1.29, 1.82) is 0 Å². The van der Waals surface area contributed by atoms with E-state index in [1.165, 1.54) is 0 Å². The summed E-state index contributed by atoms with van der Waals surface area (Å²) in [7, 11) is 0. The van der Waals surface area contributed by atoms with Crippen LogP contribution in [-0.4, -0.2) is 15.3 Å². The van der Waals surface area contributed by atoms with Crippen molar-refractivity contribution in [2.24, 2.45) is 0 Å². The number of nitrogens with one attached hydrogen (secondary N) is 1. The van der Waals surface area contributed by atoms with Crippen LogP contribution in [0.25, 0.3) is 0 Å². The molecule has 0 radical (unpaired) electrons. The summed E-state index contributed by atoms with van der Waals surface area (Å²) in [6.07, 6.45) is 3.29. The fourth-order valence-corrected chi connectivity index (χ4v) is 2.85. The fraction of sp³-hybridized carbons (Fsp3) is 0. The Morgan fingerprint density at radius 3 is 2.30 bits per heavy atom. The molecule has 1 amide bonds. The van der Waals surface area contributed by atoms with Gasteiger partial charge in [0.05, 0.1) is 0 Å². The average Bonchev–Trinajstić information content (AvgIpc) is 2.90. The van der Waals surface area contributed by atoms with Crippen LogP contribution in [0, 0.1) is 0 Å². The predicted molar refractivity (Wildman–Crippen MR) is 90.8 cm³/mol. The number of carbonyl (C=O) groups is 1. The molecule has 1 aromatic carbocycles. The first kappa shape index (κ1) is 15.7. The van der Waals surface area contributed by atoms with E-state index in [9.17, 15) is 4.79 Å². The maximum Gasteiger partial charge on any atom is 0.268 e. The highest BCUT2D eigenvalue weighted by Gasteiger charge is 2.17. The molecule has 2 aromatic heterocycles. The molecule has 0 aliphatic carbocycles. The smallest absolute Gasteiger partial charge is 0.268 e. The average molecular weight is 366 g/mol. The molecule has 8 heteroatoms. The molecule has 0 fully saturated rings. The van der Waals surface area contributed by atoms with Gasteiger partial charge in [0.2, 0.25) is 0 Å². The van der Waals surface area contributed by atoms with Crippen LogP contribution in [0.1, 0.15) is 9.67 Å². The molecule has 0 aliphatic heterocycles. The standard InChI is InChI=1S/C15H9Cl2N3O2S/c16-12-13(23-20-14(12)17)15(21)19-9-1-3-10(4-2-9)22-11-5-7-18-8-6-11/h1-8H,(H,19,21). The largest absolute Gasteiger partial charge is 0.457 e. The lowest BCUT2D eigenvalue weighted by atomic mass is 10.3. The molecule has 3 rings (SSSR count). The van der Waals surface area contributed by atoms with E-state index in [0.29, 0.717) is 17.2 Å². The number of hydrogen-bond donors (Lipinski definition) is 1. The van der Waals surface area contributed by atoms with Crippen LogP contribution in [0.3, 0.4) is 0 Å². The molecule has 0 aliphatic rings. The van der Waals surface area contributed by atoms with Gasteiger partial charge in [0.15, 0.2) is 5.15 Å². The number of amides is 1. The second kappa shape index (κ2) is 6.95. The van der Waals surface area contributed by atoms with Crippen LogP contribution in [0.4, 0.5) is 5.69 Å². The van der Waals surface area contributed by atoms with Crippen LogP contribution < -0.4 is 10.1 Å². The van der Waals surface area contributed by atoms with Gasteiger partial charge in [-0.25, -0.2) is 0 Å². The Labute approximate surface area is 146 Å². The van der Waals surface area contributed by atoms with Crippen molar-refractivity contribution in [3.8, 4) is 11.5 Å². The van der Waals surface area contributed by atoms with Crippen LogP contribution in [-0.2, 0) is 0 Å². The van der Waals surface area contributed by atoms with E-state index in [1.54, 1.807) is 48.8 Å². The van der Waals surface area contributed by atoms with Gasteiger partial charge < -0.3 is 10.1 Å². The van der Waals surface area contributed by atoms with E-state index in [-0.39, 0.29) is 21.0 Å². The highest BCUT2D eigenvalue weighted by Crippen LogP contribution is 2.29. The summed E-state index contributed by atoms with van der Waals surface area (Å²) in [5.41, 5.74) is 0.609. The SMILES string of the molecule is O=C(Nc1ccc(Oc2ccncc2)cc1)c1snc(Cl)c1Cl. The Bertz CT molecular complexity index is 822. The van der Waals surface area contributed by atoms with Crippen LogP contribution >= 0.6 is 34.7 Å². The molecule has 0 saturated heterocycles. The Hall–Kier alpha value is -2.15. The quantitative estimate of drug-likeness (QED) is 0.714. The van der Waals surface area contributed by atoms with Crippen molar-refractivity contribution in [2.45, 2.75) is 0 Å². The number of ether oxygens (including phenoxy) is 1. The third-order valence-corrected chi connectivity index (χ3v) is 4.60. The summed E-state index contributed by atoms with van der Waals surface area (Å²) < 4.78 is 9.48. The molecule has 23 heavy (non-hydrogen) atoms. The van der Waals surface area contributed by atoms with Crippen molar-refractivity contribution in [1.82, 2.24) is 9.36 Å². The summed E-state index contributed by atoms with van der Waals surface area (Å²) in [5, 5.41) is 3.01. The van der Waals surface area contributed by atoms with E-state index in [2.05, 4.69) is 14.7 Å². The number of carbonyl (C=O) groups excluding carboxylic acids is 1. The molecule has 3 aromatic rings. The second-order valence-electron chi connectivity index (χ2n) is 4.38. The lowest BCUT2D eigenvalue weighted by Crippen LogP contribution is -2.10. The molecule has 0 unspecified atom stereocenters. The highest BCUT2D eigenvalue weighted by atomic mass is 35.5. The van der Waals surface area contributed by atoms with Gasteiger partial charge in [-0.15, -0.1) is 0 Å². The Kier molecular flexibility index (Phi) is 4.76. The van der Waals surface area contributed by atoms with Crippen molar-refractivity contribution >= 4 is 46.3 Å². The van der Waals surface area contributed by atoms with Gasteiger partial charge >= 0.3 is 0 Å². The minimum absolute atomic E-state index is 0.128.